The molecular formula is C14H16O5. The van der Waals surface area contributed by atoms with Crippen LogP contribution in [0.2, 0.25) is 0 Å². The van der Waals surface area contributed by atoms with Crippen LogP contribution in [0.3, 0.4) is 0 Å². The Kier molecular flexibility index (Phi) is 3.85. The van der Waals surface area contributed by atoms with Gasteiger partial charge in [0, 0.05) is 0 Å². The van der Waals surface area contributed by atoms with Gasteiger partial charge >= 0.3 is 11.9 Å². The third kappa shape index (κ3) is 3.32. The van der Waals surface area contributed by atoms with Crippen molar-refractivity contribution >= 4 is 11.9 Å². The zero-order chi connectivity index (χ0) is 13.9. The van der Waals surface area contributed by atoms with Crippen LogP contribution in [-0.2, 0) is 14.2 Å². The van der Waals surface area contributed by atoms with Gasteiger partial charge in [0.15, 0.2) is 0 Å². The highest BCUT2D eigenvalue weighted by atomic mass is 16.6. The van der Waals surface area contributed by atoms with E-state index in [-0.39, 0.29) is 30.9 Å². The molecule has 0 radical (unpaired) electrons. The van der Waals surface area contributed by atoms with E-state index in [0.29, 0.717) is 0 Å². The summed E-state index contributed by atoms with van der Waals surface area (Å²) in [6.45, 7) is 4.15. The summed E-state index contributed by atoms with van der Waals surface area (Å²) in [7, 11) is 0. The quantitative estimate of drug-likeness (QED) is 0.669. The van der Waals surface area contributed by atoms with E-state index in [9.17, 15) is 9.59 Å². The summed E-state index contributed by atoms with van der Waals surface area (Å²) in [4.78, 5) is 23.8. The number of cyclic esters (lactones) is 2. The lowest BCUT2D eigenvalue weighted by molar-refractivity contribution is -0.0722. The van der Waals surface area contributed by atoms with Crippen molar-refractivity contribution in [3.8, 4) is 0 Å². The molecule has 0 fully saturated rings. The summed E-state index contributed by atoms with van der Waals surface area (Å²) < 4.78 is 15.8. The number of hydrogen-bond acceptors (Lipinski definition) is 5. The Morgan fingerprint density at radius 2 is 1.53 bits per heavy atom. The maximum Gasteiger partial charge on any atom is 0.339 e. The SMILES string of the molecule is CC1(C)COC(=O)c2ccccc2C(=O)OCCO1. The van der Waals surface area contributed by atoms with Crippen LogP contribution in [-0.4, -0.2) is 37.4 Å². The fraction of sp³-hybridized carbons (Fsp3) is 0.429. The van der Waals surface area contributed by atoms with E-state index < -0.39 is 17.5 Å². The molecule has 0 atom stereocenters. The standard InChI is InChI=1S/C14H16O5/c1-14(2)9-18-13(16)11-6-4-3-5-10(11)12(15)17-7-8-19-14/h3-6H,7-9H2,1-2H3. The summed E-state index contributed by atoms with van der Waals surface area (Å²) in [5.41, 5.74) is -0.182. The van der Waals surface area contributed by atoms with Gasteiger partial charge in [0.1, 0.15) is 13.2 Å². The number of benzene rings is 1. The Labute approximate surface area is 111 Å². The Morgan fingerprint density at radius 1 is 0.947 bits per heavy atom. The number of carbonyl (C=O) groups is 2. The van der Waals surface area contributed by atoms with E-state index in [1.807, 2.05) is 13.8 Å². The number of rotatable bonds is 0. The van der Waals surface area contributed by atoms with Crippen molar-refractivity contribution in [3.05, 3.63) is 35.4 Å². The van der Waals surface area contributed by atoms with Crippen LogP contribution in [0.1, 0.15) is 34.6 Å². The molecule has 19 heavy (non-hydrogen) atoms. The zero-order valence-corrected chi connectivity index (χ0v) is 11.0. The molecule has 1 aromatic rings. The minimum absolute atomic E-state index is 0.119. The first-order valence-electron chi connectivity index (χ1n) is 6.07. The van der Waals surface area contributed by atoms with Gasteiger partial charge in [-0.05, 0) is 26.0 Å². The second-order valence-electron chi connectivity index (χ2n) is 4.87. The second-order valence-corrected chi connectivity index (χ2v) is 4.87. The lowest BCUT2D eigenvalue weighted by Gasteiger charge is -2.24. The van der Waals surface area contributed by atoms with Crippen molar-refractivity contribution in [3.63, 3.8) is 0 Å². The summed E-state index contributed by atoms with van der Waals surface area (Å²) >= 11 is 0. The van der Waals surface area contributed by atoms with Crippen LogP contribution in [0.5, 0.6) is 0 Å². The molecule has 5 nitrogen and oxygen atoms in total. The Balaban J connectivity index is 2.31. The van der Waals surface area contributed by atoms with Crippen molar-refractivity contribution in [2.75, 3.05) is 19.8 Å². The van der Waals surface area contributed by atoms with Crippen molar-refractivity contribution in [1.82, 2.24) is 0 Å². The number of hydrogen-bond donors (Lipinski definition) is 0. The molecule has 0 N–H and O–H groups in total. The van der Waals surface area contributed by atoms with Crippen molar-refractivity contribution in [2.45, 2.75) is 19.4 Å². The van der Waals surface area contributed by atoms with Gasteiger partial charge in [0.05, 0.1) is 23.3 Å². The first-order valence-corrected chi connectivity index (χ1v) is 6.07. The minimum atomic E-state index is -0.610. The maximum atomic E-state index is 12.0. The van der Waals surface area contributed by atoms with Gasteiger partial charge in [-0.2, -0.15) is 0 Å². The fourth-order valence-electron chi connectivity index (χ4n) is 1.73. The summed E-state index contributed by atoms with van der Waals surface area (Å²) in [6, 6.07) is 6.44. The van der Waals surface area contributed by atoms with Crippen LogP contribution in [0, 0.1) is 0 Å². The number of ether oxygens (including phenoxy) is 3. The summed E-state index contributed by atoms with van der Waals surface area (Å²) in [5, 5.41) is 0. The van der Waals surface area contributed by atoms with Crippen molar-refractivity contribution in [2.24, 2.45) is 0 Å². The molecule has 102 valence electrons. The molecule has 1 aromatic carbocycles. The van der Waals surface area contributed by atoms with E-state index in [0.717, 1.165) is 0 Å². The highest BCUT2D eigenvalue weighted by Crippen LogP contribution is 2.16. The van der Waals surface area contributed by atoms with E-state index in [1.54, 1.807) is 24.3 Å². The minimum Gasteiger partial charge on any atom is -0.460 e. The summed E-state index contributed by atoms with van der Waals surface area (Å²) in [6.07, 6.45) is 0. The zero-order valence-electron chi connectivity index (χ0n) is 11.0. The highest BCUT2D eigenvalue weighted by molar-refractivity contribution is 6.03. The van der Waals surface area contributed by atoms with Crippen LogP contribution >= 0.6 is 0 Å². The second kappa shape index (κ2) is 5.40. The first kappa shape index (κ1) is 13.5. The van der Waals surface area contributed by atoms with Gasteiger partial charge in [-0.15, -0.1) is 0 Å². The predicted octanol–water partition coefficient (Wildman–Crippen LogP) is 1.81. The van der Waals surface area contributed by atoms with Crippen LogP contribution < -0.4 is 0 Å². The van der Waals surface area contributed by atoms with Crippen molar-refractivity contribution in [1.29, 1.82) is 0 Å². The van der Waals surface area contributed by atoms with E-state index >= 15 is 0 Å². The van der Waals surface area contributed by atoms with Gasteiger partial charge in [0.2, 0.25) is 0 Å². The van der Waals surface area contributed by atoms with Crippen LogP contribution in [0.25, 0.3) is 0 Å². The van der Waals surface area contributed by atoms with Gasteiger partial charge in [0.25, 0.3) is 0 Å². The van der Waals surface area contributed by atoms with Gasteiger partial charge in [-0.3, -0.25) is 0 Å². The molecular weight excluding hydrogens is 248 g/mol. The average molecular weight is 264 g/mol. The molecule has 0 unspecified atom stereocenters. The lowest BCUT2D eigenvalue weighted by Crippen LogP contribution is -2.33. The topological polar surface area (TPSA) is 61.8 Å². The molecule has 2 rings (SSSR count). The molecule has 0 aliphatic carbocycles. The molecule has 0 aromatic heterocycles. The van der Waals surface area contributed by atoms with Gasteiger partial charge in [-0.25, -0.2) is 9.59 Å². The fourth-order valence-corrected chi connectivity index (χ4v) is 1.73. The number of esters is 2. The first-order chi connectivity index (χ1) is 8.99. The molecule has 0 bridgehead atoms. The van der Waals surface area contributed by atoms with Gasteiger partial charge < -0.3 is 14.2 Å². The molecule has 1 aliphatic heterocycles. The number of carbonyl (C=O) groups excluding carboxylic acids is 2. The van der Waals surface area contributed by atoms with Gasteiger partial charge in [-0.1, -0.05) is 12.1 Å². The Hall–Kier alpha value is -1.88. The molecule has 0 spiro atoms. The normalized spacial score (nSPS) is 19.7. The molecule has 0 saturated heterocycles. The van der Waals surface area contributed by atoms with E-state index in [4.69, 9.17) is 14.2 Å². The largest absolute Gasteiger partial charge is 0.460 e. The lowest BCUT2D eigenvalue weighted by atomic mass is 10.1. The van der Waals surface area contributed by atoms with Crippen LogP contribution in [0.4, 0.5) is 0 Å². The highest BCUT2D eigenvalue weighted by Gasteiger charge is 2.25. The summed E-state index contributed by atoms with van der Waals surface area (Å²) in [5.74, 6) is -1.10. The smallest absolute Gasteiger partial charge is 0.339 e. The van der Waals surface area contributed by atoms with Crippen LogP contribution in [0.15, 0.2) is 24.3 Å². The predicted molar refractivity (Wildman–Crippen MR) is 67.0 cm³/mol. The van der Waals surface area contributed by atoms with E-state index in [1.165, 1.54) is 0 Å². The monoisotopic (exact) mass is 264 g/mol. The molecule has 0 amide bonds. The average Bonchev–Trinajstić information content (AvgIpc) is 2.41. The molecule has 0 saturated carbocycles. The molecule has 1 aliphatic rings. The Morgan fingerprint density at radius 3 is 2.16 bits per heavy atom. The third-order valence-electron chi connectivity index (χ3n) is 2.73. The Bertz CT molecular complexity index is 492. The molecule has 1 heterocycles. The number of fused-ring (bicyclic) bond motifs is 1. The third-order valence-corrected chi connectivity index (χ3v) is 2.73. The maximum absolute atomic E-state index is 12.0. The van der Waals surface area contributed by atoms with Crippen molar-refractivity contribution < 1.29 is 23.8 Å². The van der Waals surface area contributed by atoms with E-state index in [2.05, 4.69) is 0 Å². The molecule has 5 heteroatoms.